The second kappa shape index (κ2) is 6.05. The van der Waals surface area contributed by atoms with E-state index in [9.17, 15) is 13.2 Å². The van der Waals surface area contributed by atoms with Crippen LogP contribution in [0.25, 0.3) is 0 Å². The van der Waals surface area contributed by atoms with E-state index < -0.39 is 15.6 Å². The molecule has 1 aliphatic heterocycles. The molecule has 0 bridgehead atoms. The van der Waals surface area contributed by atoms with Gasteiger partial charge in [0.05, 0.1) is 11.4 Å². The fraction of sp³-hybridized carbons (Fsp3) is 0.412. The average Bonchev–Trinajstić information content (AvgIpc) is 2.99. The van der Waals surface area contributed by atoms with E-state index in [-0.39, 0.29) is 17.7 Å². The number of hydrogen-bond acceptors (Lipinski definition) is 5. The number of rotatable bonds is 4. The lowest BCUT2D eigenvalue weighted by molar-refractivity contribution is -0.116. The Hall–Kier alpha value is -2.15. The van der Waals surface area contributed by atoms with Crippen LogP contribution >= 0.6 is 0 Å². The van der Waals surface area contributed by atoms with E-state index in [4.69, 9.17) is 4.52 Å². The molecule has 7 heteroatoms. The van der Waals surface area contributed by atoms with Crippen LogP contribution in [0.2, 0.25) is 0 Å². The van der Waals surface area contributed by atoms with Crippen LogP contribution in [0.5, 0.6) is 0 Å². The highest BCUT2D eigenvalue weighted by Gasteiger charge is 2.33. The quantitative estimate of drug-likeness (QED) is 0.846. The molecule has 1 amide bonds. The molecule has 128 valence electrons. The number of carbonyl (C=O) groups excluding carboxylic acids is 1. The third-order valence-electron chi connectivity index (χ3n) is 4.36. The number of anilines is 1. The van der Waals surface area contributed by atoms with Gasteiger partial charge in [-0.05, 0) is 38.8 Å². The summed E-state index contributed by atoms with van der Waals surface area (Å²) < 4.78 is 29.9. The monoisotopic (exact) mass is 348 g/mol. The Kier molecular flexibility index (Phi) is 4.21. The van der Waals surface area contributed by atoms with Gasteiger partial charge in [0.1, 0.15) is 11.5 Å². The fourth-order valence-electron chi connectivity index (χ4n) is 3.18. The molecule has 2 aromatic rings. The Bertz CT molecular complexity index is 866. The second-order valence-corrected chi connectivity index (χ2v) is 8.35. The molecular weight excluding hydrogens is 328 g/mol. The number of para-hydroxylation sites is 1. The highest BCUT2D eigenvalue weighted by Crippen LogP contribution is 2.32. The summed E-state index contributed by atoms with van der Waals surface area (Å²) >= 11 is 0. The zero-order valence-corrected chi connectivity index (χ0v) is 14.8. The molecule has 0 saturated carbocycles. The fourth-order valence-corrected chi connectivity index (χ4v) is 4.65. The zero-order valence-electron chi connectivity index (χ0n) is 13.9. The Morgan fingerprint density at radius 3 is 2.71 bits per heavy atom. The number of aromatic nitrogens is 1. The molecular formula is C17H20N2O4S. The minimum Gasteiger partial charge on any atom is -0.361 e. The first kappa shape index (κ1) is 16.7. The standard InChI is InChI=1S/C17H20N2O4S/c1-11-8-14-6-4-5-7-16(14)19(11)17(20)10-24(21,22)9-15-12(2)18-23-13(15)3/h4-7,11H,8-10H2,1-3H3. The third kappa shape index (κ3) is 3.08. The van der Waals surface area contributed by atoms with Crippen LogP contribution in [0, 0.1) is 13.8 Å². The number of hydrogen-bond donors (Lipinski definition) is 0. The van der Waals surface area contributed by atoms with Gasteiger partial charge in [-0.3, -0.25) is 4.79 Å². The number of fused-ring (bicyclic) bond motifs is 1. The number of nitrogens with zero attached hydrogens (tertiary/aromatic N) is 2. The van der Waals surface area contributed by atoms with Gasteiger partial charge in [-0.1, -0.05) is 23.4 Å². The summed E-state index contributed by atoms with van der Waals surface area (Å²) in [5.41, 5.74) is 2.96. The van der Waals surface area contributed by atoms with E-state index in [0.717, 1.165) is 17.7 Å². The first-order valence-electron chi connectivity index (χ1n) is 7.80. The van der Waals surface area contributed by atoms with Gasteiger partial charge in [-0.25, -0.2) is 8.42 Å². The molecule has 6 nitrogen and oxygen atoms in total. The van der Waals surface area contributed by atoms with Gasteiger partial charge in [-0.15, -0.1) is 0 Å². The Morgan fingerprint density at radius 2 is 2.04 bits per heavy atom. The van der Waals surface area contributed by atoms with E-state index in [1.54, 1.807) is 18.7 Å². The molecule has 0 aliphatic carbocycles. The second-order valence-electron chi connectivity index (χ2n) is 6.28. The van der Waals surface area contributed by atoms with Crippen molar-refractivity contribution in [2.75, 3.05) is 10.7 Å². The van der Waals surface area contributed by atoms with Crippen molar-refractivity contribution in [2.45, 2.75) is 39.0 Å². The summed E-state index contributed by atoms with van der Waals surface area (Å²) in [5.74, 6) is -0.665. The molecule has 3 rings (SSSR count). The van der Waals surface area contributed by atoms with E-state index in [0.29, 0.717) is 17.0 Å². The predicted molar refractivity (Wildman–Crippen MR) is 90.6 cm³/mol. The van der Waals surface area contributed by atoms with Crippen LogP contribution < -0.4 is 4.90 Å². The summed E-state index contributed by atoms with van der Waals surface area (Å²) in [6.07, 6.45) is 0.742. The average molecular weight is 348 g/mol. The molecule has 0 saturated heterocycles. The van der Waals surface area contributed by atoms with Crippen molar-refractivity contribution in [2.24, 2.45) is 0 Å². The van der Waals surface area contributed by atoms with Crippen LogP contribution in [0.4, 0.5) is 5.69 Å². The Morgan fingerprint density at radius 1 is 1.33 bits per heavy atom. The number of carbonyl (C=O) groups is 1. The van der Waals surface area contributed by atoms with Crippen LogP contribution in [-0.2, 0) is 26.8 Å². The molecule has 1 unspecified atom stereocenters. The topological polar surface area (TPSA) is 80.5 Å². The van der Waals surface area contributed by atoms with Crippen molar-refractivity contribution in [1.29, 1.82) is 0 Å². The highest BCUT2D eigenvalue weighted by molar-refractivity contribution is 7.91. The van der Waals surface area contributed by atoms with Crippen LogP contribution in [0.15, 0.2) is 28.8 Å². The third-order valence-corrected chi connectivity index (χ3v) is 5.78. The minimum atomic E-state index is -3.60. The first-order valence-corrected chi connectivity index (χ1v) is 9.63. The van der Waals surface area contributed by atoms with Gasteiger partial charge in [0.2, 0.25) is 5.91 Å². The first-order chi connectivity index (χ1) is 11.3. The maximum Gasteiger partial charge on any atom is 0.242 e. The molecule has 2 heterocycles. The molecule has 0 radical (unpaired) electrons. The van der Waals surface area contributed by atoms with Crippen molar-refractivity contribution in [3.05, 3.63) is 46.8 Å². The van der Waals surface area contributed by atoms with Gasteiger partial charge < -0.3 is 9.42 Å². The van der Waals surface area contributed by atoms with E-state index in [1.807, 2.05) is 31.2 Å². The Balaban J connectivity index is 1.79. The smallest absolute Gasteiger partial charge is 0.242 e. The summed E-state index contributed by atoms with van der Waals surface area (Å²) in [4.78, 5) is 14.2. The molecule has 1 aliphatic rings. The maximum atomic E-state index is 12.6. The highest BCUT2D eigenvalue weighted by atomic mass is 32.2. The van der Waals surface area contributed by atoms with Crippen molar-refractivity contribution < 1.29 is 17.7 Å². The number of sulfone groups is 1. The minimum absolute atomic E-state index is 0.0378. The van der Waals surface area contributed by atoms with Crippen molar-refractivity contribution in [1.82, 2.24) is 5.16 Å². The Labute approximate surface area is 141 Å². The number of aryl methyl sites for hydroxylation is 2. The summed E-state index contributed by atoms with van der Waals surface area (Å²) in [7, 11) is -3.60. The molecule has 1 aromatic heterocycles. The van der Waals surface area contributed by atoms with Gasteiger partial charge in [-0.2, -0.15) is 0 Å². The van der Waals surface area contributed by atoms with Crippen LogP contribution in [-0.4, -0.2) is 31.3 Å². The van der Waals surface area contributed by atoms with E-state index in [1.165, 1.54) is 0 Å². The van der Waals surface area contributed by atoms with Gasteiger partial charge >= 0.3 is 0 Å². The summed E-state index contributed by atoms with van der Waals surface area (Å²) in [6, 6.07) is 7.57. The van der Waals surface area contributed by atoms with Gasteiger partial charge in [0, 0.05) is 17.3 Å². The lowest BCUT2D eigenvalue weighted by Crippen LogP contribution is -2.39. The predicted octanol–water partition coefficient (Wildman–Crippen LogP) is 2.18. The van der Waals surface area contributed by atoms with Crippen LogP contribution in [0.1, 0.15) is 29.5 Å². The SMILES string of the molecule is Cc1noc(C)c1CS(=O)(=O)CC(=O)N1c2ccccc2CC1C. The molecule has 0 N–H and O–H groups in total. The largest absolute Gasteiger partial charge is 0.361 e. The van der Waals surface area contributed by atoms with Crippen molar-refractivity contribution in [3.63, 3.8) is 0 Å². The van der Waals surface area contributed by atoms with Gasteiger partial charge in [0.15, 0.2) is 9.84 Å². The van der Waals surface area contributed by atoms with Gasteiger partial charge in [0.25, 0.3) is 0 Å². The summed E-state index contributed by atoms with van der Waals surface area (Å²) in [5, 5.41) is 3.76. The molecule has 0 fully saturated rings. The van der Waals surface area contributed by atoms with Crippen molar-refractivity contribution >= 4 is 21.4 Å². The molecule has 1 aromatic carbocycles. The van der Waals surface area contributed by atoms with E-state index >= 15 is 0 Å². The van der Waals surface area contributed by atoms with Crippen molar-refractivity contribution in [3.8, 4) is 0 Å². The maximum absolute atomic E-state index is 12.6. The number of benzene rings is 1. The normalized spacial score (nSPS) is 17.1. The summed E-state index contributed by atoms with van der Waals surface area (Å²) in [6.45, 7) is 5.30. The van der Waals surface area contributed by atoms with Crippen LogP contribution in [0.3, 0.4) is 0 Å². The molecule has 1 atom stereocenters. The number of amides is 1. The molecule has 24 heavy (non-hydrogen) atoms. The lowest BCUT2D eigenvalue weighted by Gasteiger charge is -2.22. The molecule has 0 spiro atoms. The zero-order chi connectivity index (χ0) is 17.5. The lowest BCUT2D eigenvalue weighted by atomic mass is 10.1. The van der Waals surface area contributed by atoms with E-state index in [2.05, 4.69) is 5.16 Å².